The summed E-state index contributed by atoms with van der Waals surface area (Å²) in [5.74, 6) is -3.41. The first-order valence-corrected chi connectivity index (χ1v) is 11.5. The molecule has 2 aromatic rings. The van der Waals surface area contributed by atoms with Crippen LogP contribution in [0.4, 0.5) is 10.1 Å². The van der Waals surface area contributed by atoms with Gasteiger partial charge in [-0.2, -0.15) is 5.10 Å². The SMILES string of the molecule is O=C(CS(=O)(=O)CC(=O)Nc1ccc(F)cc1)NC1=NN=C(c2ccccc2)CS1. The second kappa shape index (κ2) is 9.63. The molecule has 1 heterocycles. The minimum atomic E-state index is -4.01. The molecule has 8 nitrogen and oxygen atoms in total. The highest BCUT2D eigenvalue weighted by atomic mass is 32.2. The molecule has 11 heteroatoms. The van der Waals surface area contributed by atoms with Gasteiger partial charge in [-0.1, -0.05) is 42.1 Å². The van der Waals surface area contributed by atoms with Crippen LogP contribution in [0.15, 0.2) is 64.8 Å². The van der Waals surface area contributed by atoms with Crippen molar-refractivity contribution in [2.24, 2.45) is 10.2 Å². The number of carbonyl (C=O) groups is 2. The van der Waals surface area contributed by atoms with E-state index in [2.05, 4.69) is 20.8 Å². The molecule has 0 unspecified atom stereocenters. The summed E-state index contributed by atoms with van der Waals surface area (Å²) in [4.78, 5) is 23.9. The van der Waals surface area contributed by atoms with Crippen molar-refractivity contribution < 1.29 is 22.4 Å². The number of hydrogen-bond acceptors (Lipinski definition) is 7. The first-order chi connectivity index (χ1) is 14.3. The van der Waals surface area contributed by atoms with Gasteiger partial charge in [-0.15, -0.1) is 5.10 Å². The average molecular weight is 449 g/mol. The minimum Gasteiger partial charge on any atom is -0.325 e. The van der Waals surface area contributed by atoms with Gasteiger partial charge in [0.25, 0.3) is 0 Å². The van der Waals surface area contributed by atoms with Crippen molar-refractivity contribution in [3.05, 3.63) is 66.0 Å². The number of sulfone groups is 1. The molecule has 0 radical (unpaired) electrons. The molecule has 0 saturated carbocycles. The smallest absolute Gasteiger partial charge is 0.241 e. The van der Waals surface area contributed by atoms with E-state index in [1.807, 2.05) is 30.3 Å². The van der Waals surface area contributed by atoms with E-state index in [1.54, 1.807) is 0 Å². The molecule has 1 aliphatic heterocycles. The predicted octanol–water partition coefficient (Wildman–Crippen LogP) is 1.80. The molecule has 30 heavy (non-hydrogen) atoms. The second-order valence-corrected chi connectivity index (χ2v) is 9.27. The maximum atomic E-state index is 12.9. The molecule has 0 aliphatic carbocycles. The summed E-state index contributed by atoms with van der Waals surface area (Å²) >= 11 is 1.22. The molecule has 0 fully saturated rings. The van der Waals surface area contributed by atoms with Gasteiger partial charge < -0.3 is 10.6 Å². The van der Waals surface area contributed by atoms with E-state index in [4.69, 9.17) is 0 Å². The maximum Gasteiger partial charge on any atom is 0.241 e. The summed E-state index contributed by atoms with van der Waals surface area (Å²) in [5, 5.41) is 12.9. The molecule has 0 saturated heterocycles. The van der Waals surface area contributed by atoms with Gasteiger partial charge in [-0.3, -0.25) is 9.59 Å². The quantitative estimate of drug-likeness (QED) is 0.699. The van der Waals surface area contributed by atoms with Crippen molar-refractivity contribution >= 4 is 50.0 Å². The Morgan fingerprint density at radius 3 is 2.17 bits per heavy atom. The molecule has 2 amide bonds. The fourth-order valence-electron chi connectivity index (χ4n) is 2.47. The standard InChI is InChI=1S/C19H17FN4O4S2/c20-14-6-8-15(9-7-14)21-17(25)11-30(27,28)12-18(26)22-19-24-23-16(10-29-19)13-4-2-1-3-5-13/h1-9H,10-12H2,(H,21,25)(H,22,24,26). The summed E-state index contributed by atoms with van der Waals surface area (Å²) in [7, 11) is -4.01. The topological polar surface area (TPSA) is 117 Å². The third kappa shape index (κ3) is 6.49. The molecule has 2 N–H and O–H groups in total. The van der Waals surface area contributed by atoms with Gasteiger partial charge in [0.1, 0.15) is 17.3 Å². The van der Waals surface area contributed by atoms with Crippen LogP contribution < -0.4 is 10.6 Å². The second-order valence-electron chi connectivity index (χ2n) is 6.24. The van der Waals surface area contributed by atoms with Crippen molar-refractivity contribution in [2.45, 2.75) is 0 Å². The number of rotatable bonds is 6. The highest BCUT2D eigenvalue weighted by Gasteiger charge is 2.23. The van der Waals surface area contributed by atoms with Crippen LogP contribution in [0, 0.1) is 5.82 Å². The fraction of sp³-hybridized carbons (Fsp3) is 0.158. The van der Waals surface area contributed by atoms with Crippen molar-refractivity contribution in [2.75, 3.05) is 22.6 Å². The maximum absolute atomic E-state index is 12.9. The number of hydrogen-bond donors (Lipinski definition) is 2. The summed E-state index contributed by atoms with van der Waals surface area (Å²) in [6, 6.07) is 14.3. The largest absolute Gasteiger partial charge is 0.325 e. The number of nitrogens with zero attached hydrogens (tertiary/aromatic N) is 2. The number of nitrogens with one attached hydrogen (secondary N) is 2. The lowest BCUT2D eigenvalue weighted by molar-refractivity contribution is -0.117. The zero-order valence-corrected chi connectivity index (χ0v) is 17.2. The molecular weight excluding hydrogens is 431 g/mol. The van der Waals surface area contributed by atoms with Crippen LogP contribution >= 0.6 is 11.8 Å². The lowest BCUT2D eigenvalue weighted by Crippen LogP contribution is -2.37. The van der Waals surface area contributed by atoms with E-state index in [9.17, 15) is 22.4 Å². The summed E-state index contributed by atoms with van der Waals surface area (Å²) in [6.45, 7) is 0. The van der Waals surface area contributed by atoms with Crippen LogP contribution in [-0.4, -0.2) is 48.4 Å². The van der Waals surface area contributed by atoms with E-state index in [0.717, 1.165) is 23.4 Å². The zero-order chi connectivity index (χ0) is 21.6. The minimum absolute atomic E-state index is 0.186. The zero-order valence-electron chi connectivity index (χ0n) is 15.5. The van der Waals surface area contributed by atoms with Crippen LogP contribution in [0.25, 0.3) is 0 Å². The van der Waals surface area contributed by atoms with Gasteiger partial charge in [-0.05, 0) is 29.8 Å². The van der Waals surface area contributed by atoms with Crippen LogP contribution in [0.3, 0.4) is 0 Å². The highest BCUT2D eigenvalue weighted by Crippen LogP contribution is 2.14. The van der Waals surface area contributed by atoms with Gasteiger partial charge in [0.15, 0.2) is 15.0 Å². The average Bonchev–Trinajstić information content (AvgIpc) is 2.70. The van der Waals surface area contributed by atoms with Crippen LogP contribution in [0.5, 0.6) is 0 Å². The monoisotopic (exact) mass is 448 g/mol. The van der Waals surface area contributed by atoms with Crippen molar-refractivity contribution in [3.63, 3.8) is 0 Å². The summed E-state index contributed by atoms with van der Waals surface area (Å²) in [5.41, 5.74) is 1.90. The molecular formula is C19H17FN4O4S2. The summed E-state index contributed by atoms with van der Waals surface area (Å²) in [6.07, 6.45) is 0. The van der Waals surface area contributed by atoms with Gasteiger partial charge in [0.05, 0.1) is 5.71 Å². The molecule has 156 valence electrons. The number of benzene rings is 2. The Kier molecular flexibility index (Phi) is 6.95. The van der Waals surface area contributed by atoms with E-state index in [0.29, 0.717) is 5.75 Å². The number of carbonyl (C=O) groups excluding carboxylic acids is 2. The number of thioether (sulfide) groups is 1. The van der Waals surface area contributed by atoms with E-state index in [-0.39, 0.29) is 10.9 Å². The van der Waals surface area contributed by atoms with E-state index in [1.165, 1.54) is 23.9 Å². The van der Waals surface area contributed by atoms with Gasteiger partial charge in [-0.25, -0.2) is 12.8 Å². The van der Waals surface area contributed by atoms with Crippen LogP contribution in [0.1, 0.15) is 5.56 Å². The Hall–Kier alpha value is -3.05. The third-order valence-corrected chi connectivity index (χ3v) is 6.07. The Balaban J connectivity index is 1.52. The molecule has 1 aliphatic rings. The Morgan fingerprint density at radius 1 is 0.933 bits per heavy atom. The van der Waals surface area contributed by atoms with Gasteiger partial charge in [0, 0.05) is 11.4 Å². The number of amidine groups is 1. The molecule has 0 aromatic heterocycles. The first kappa shape index (κ1) is 21.7. The Morgan fingerprint density at radius 2 is 1.57 bits per heavy atom. The lowest BCUT2D eigenvalue weighted by atomic mass is 10.1. The number of anilines is 1. The van der Waals surface area contributed by atoms with Crippen LogP contribution in [-0.2, 0) is 19.4 Å². The van der Waals surface area contributed by atoms with E-state index >= 15 is 0 Å². The lowest BCUT2D eigenvalue weighted by Gasteiger charge is -2.13. The van der Waals surface area contributed by atoms with Crippen molar-refractivity contribution in [3.8, 4) is 0 Å². The van der Waals surface area contributed by atoms with Crippen LogP contribution in [0.2, 0.25) is 0 Å². The molecule has 0 bridgehead atoms. The molecule has 0 spiro atoms. The van der Waals surface area contributed by atoms with Crippen molar-refractivity contribution in [1.29, 1.82) is 0 Å². The molecule has 0 atom stereocenters. The van der Waals surface area contributed by atoms with Gasteiger partial charge >= 0.3 is 0 Å². The Labute approximate surface area is 176 Å². The summed E-state index contributed by atoms with van der Waals surface area (Å²) < 4.78 is 37.1. The normalized spacial score (nSPS) is 13.8. The first-order valence-electron chi connectivity index (χ1n) is 8.69. The van der Waals surface area contributed by atoms with Crippen molar-refractivity contribution in [1.82, 2.24) is 5.32 Å². The fourth-order valence-corrected chi connectivity index (χ4v) is 4.30. The Bertz CT molecular complexity index is 1100. The molecule has 2 aromatic carbocycles. The molecule has 3 rings (SSSR count). The number of amides is 2. The predicted molar refractivity (Wildman–Crippen MR) is 115 cm³/mol. The van der Waals surface area contributed by atoms with Gasteiger partial charge in [0.2, 0.25) is 11.8 Å². The number of halogens is 1. The third-order valence-electron chi connectivity index (χ3n) is 3.79. The van der Waals surface area contributed by atoms with E-state index < -0.39 is 39.0 Å². The highest BCUT2D eigenvalue weighted by molar-refractivity contribution is 8.14.